The van der Waals surface area contributed by atoms with Crippen LogP contribution >= 0.6 is 0 Å². The van der Waals surface area contributed by atoms with Gasteiger partial charge in [-0.2, -0.15) is 0 Å². The van der Waals surface area contributed by atoms with Crippen LogP contribution in [0.25, 0.3) is 0 Å². The molecule has 0 aliphatic carbocycles. The Morgan fingerprint density at radius 3 is 2.40 bits per heavy atom. The maximum Gasteiger partial charge on any atom is 0.309 e. The topological polar surface area (TPSA) is 35.5 Å². The number of hydrogen-bond donors (Lipinski definition) is 0. The molecule has 0 saturated heterocycles. The van der Waals surface area contributed by atoms with Crippen LogP contribution in [0.15, 0.2) is 42.5 Å². The van der Waals surface area contributed by atoms with E-state index in [-0.39, 0.29) is 17.8 Å². The van der Waals surface area contributed by atoms with E-state index in [0.717, 1.165) is 17.6 Å². The van der Waals surface area contributed by atoms with Crippen LogP contribution in [0.4, 0.5) is 0 Å². The van der Waals surface area contributed by atoms with Crippen molar-refractivity contribution in [1.82, 2.24) is 0 Å². The predicted octanol–water partition coefficient (Wildman–Crippen LogP) is 3.59. The third kappa shape index (κ3) is 4.82. The van der Waals surface area contributed by atoms with E-state index in [9.17, 15) is 4.79 Å². The van der Waals surface area contributed by atoms with Crippen LogP contribution in [0.3, 0.4) is 0 Å². The summed E-state index contributed by atoms with van der Waals surface area (Å²) >= 11 is 0. The third-order valence-corrected chi connectivity index (χ3v) is 3.47. The van der Waals surface area contributed by atoms with E-state index in [1.807, 2.05) is 44.2 Å². The Morgan fingerprint density at radius 1 is 1.25 bits per heavy atom. The van der Waals surface area contributed by atoms with Crippen molar-refractivity contribution in [2.45, 2.75) is 26.9 Å². The van der Waals surface area contributed by atoms with Gasteiger partial charge in [-0.1, -0.05) is 49.4 Å². The van der Waals surface area contributed by atoms with Crippen molar-refractivity contribution in [1.29, 1.82) is 0 Å². The highest BCUT2D eigenvalue weighted by atomic mass is 16.5. The summed E-state index contributed by atoms with van der Waals surface area (Å²) in [6, 6.07) is 9.99. The summed E-state index contributed by atoms with van der Waals surface area (Å²) in [6.45, 7) is 8.92. The number of methoxy groups -OCH3 is 1. The molecule has 0 aliphatic heterocycles. The fourth-order valence-corrected chi connectivity index (χ4v) is 2.25. The van der Waals surface area contributed by atoms with Gasteiger partial charge in [0.2, 0.25) is 0 Å². The van der Waals surface area contributed by atoms with Crippen LogP contribution in [0.5, 0.6) is 0 Å². The normalized spacial score (nSPS) is 13.6. The first-order valence-corrected chi connectivity index (χ1v) is 6.95. The van der Waals surface area contributed by atoms with Crippen molar-refractivity contribution in [3.63, 3.8) is 0 Å². The molecule has 0 fully saturated rings. The van der Waals surface area contributed by atoms with Gasteiger partial charge in [-0.05, 0) is 18.9 Å². The van der Waals surface area contributed by atoms with E-state index in [4.69, 9.17) is 9.47 Å². The van der Waals surface area contributed by atoms with Crippen molar-refractivity contribution in [3.05, 3.63) is 48.0 Å². The van der Waals surface area contributed by atoms with E-state index >= 15 is 0 Å². The monoisotopic (exact) mass is 276 g/mol. The molecule has 1 rings (SSSR count). The van der Waals surface area contributed by atoms with Gasteiger partial charge in [-0.3, -0.25) is 4.79 Å². The molecule has 1 aromatic carbocycles. The number of ether oxygens (including phenoxy) is 2. The van der Waals surface area contributed by atoms with E-state index in [1.165, 1.54) is 7.11 Å². The average molecular weight is 276 g/mol. The van der Waals surface area contributed by atoms with Gasteiger partial charge in [0.1, 0.15) is 0 Å². The smallest absolute Gasteiger partial charge is 0.309 e. The Labute approximate surface area is 121 Å². The molecule has 0 amide bonds. The van der Waals surface area contributed by atoms with Crippen molar-refractivity contribution >= 4 is 5.97 Å². The van der Waals surface area contributed by atoms with Crippen LogP contribution in [0.1, 0.15) is 25.8 Å². The van der Waals surface area contributed by atoms with Crippen LogP contribution in [-0.4, -0.2) is 19.7 Å². The summed E-state index contributed by atoms with van der Waals surface area (Å²) in [5.74, 6) is -0.381. The van der Waals surface area contributed by atoms with Gasteiger partial charge in [-0.15, -0.1) is 0 Å². The highest BCUT2D eigenvalue weighted by Crippen LogP contribution is 2.24. The Hall–Kier alpha value is -1.61. The Morgan fingerprint density at radius 2 is 1.90 bits per heavy atom. The van der Waals surface area contributed by atoms with Gasteiger partial charge in [0, 0.05) is 5.92 Å². The highest BCUT2D eigenvalue weighted by Gasteiger charge is 2.28. The minimum Gasteiger partial charge on any atom is -0.469 e. The van der Waals surface area contributed by atoms with Crippen LogP contribution in [0.2, 0.25) is 0 Å². The van der Waals surface area contributed by atoms with Crippen molar-refractivity contribution < 1.29 is 14.3 Å². The largest absolute Gasteiger partial charge is 0.469 e. The fraction of sp³-hybridized carbons (Fsp3) is 0.471. The van der Waals surface area contributed by atoms with E-state index in [2.05, 4.69) is 6.58 Å². The molecule has 0 spiro atoms. The zero-order chi connectivity index (χ0) is 15.0. The van der Waals surface area contributed by atoms with E-state index in [1.54, 1.807) is 0 Å². The van der Waals surface area contributed by atoms with Crippen LogP contribution in [-0.2, 0) is 20.9 Å². The van der Waals surface area contributed by atoms with E-state index < -0.39 is 0 Å². The second kappa shape index (κ2) is 8.54. The highest BCUT2D eigenvalue weighted by molar-refractivity contribution is 5.73. The third-order valence-electron chi connectivity index (χ3n) is 3.47. The average Bonchev–Trinajstić information content (AvgIpc) is 2.46. The molecule has 0 N–H and O–H groups in total. The second-order valence-electron chi connectivity index (χ2n) is 4.99. The zero-order valence-corrected chi connectivity index (χ0v) is 12.6. The minimum absolute atomic E-state index is 0.00355. The molecule has 110 valence electrons. The number of rotatable bonds is 8. The van der Waals surface area contributed by atoms with Crippen LogP contribution in [0, 0.1) is 11.8 Å². The standard InChI is InChI=1S/C17H24O3/c1-5-15(17(18)19-4)16(13(2)3)12-20-11-14-9-7-6-8-10-14/h6-10,15-16H,2,5,11-12H2,1,3-4H3/t15-,16+/m1/s1. The maximum atomic E-state index is 11.8. The second-order valence-corrected chi connectivity index (χ2v) is 4.99. The maximum absolute atomic E-state index is 11.8. The number of carbonyl (C=O) groups excluding carboxylic acids is 1. The fourth-order valence-electron chi connectivity index (χ4n) is 2.25. The summed E-state index contributed by atoms with van der Waals surface area (Å²) < 4.78 is 10.6. The number of esters is 1. The molecule has 0 unspecified atom stereocenters. The van der Waals surface area contributed by atoms with Gasteiger partial charge in [0.15, 0.2) is 0 Å². The lowest BCUT2D eigenvalue weighted by Crippen LogP contribution is -2.28. The molecular formula is C17H24O3. The summed E-state index contributed by atoms with van der Waals surface area (Å²) in [5, 5.41) is 0. The lowest BCUT2D eigenvalue weighted by atomic mass is 9.86. The first-order chi connectivity index (χ1) is 9.60. The zero-order valence-electron chi connectivity index (χ0n) is 12.6. The molecular weight excluding hydrogens is 252 g/mol. The Kier molecular flexibility index (Phi) is 7.02. The number of benzene rings is 1. The van der Waals surface area contributed by atoms with Gasteiger partial charge in [0.25, 0.3) is 0 Å². The van der Waals surface area contributed by atoms with Gasteiger partial charge >= 0.3 is 5.97 Å². The molecule has 0 heterocycles. The Bertz CT molecular complexity index is 425. The van der Waals surface area contributed by atoms with Gasteiger partial charge in [0.05, 0.1) is 26.2 Å². The van der Waals surface area contributed by atoms with Gasteiger partial charge in [-0.25, -0.2) is 0 Å². The number of hydrogen-bond acceptors (Lipinski definition) is 3. The summed E-state index contributed by atoms with van der Waals surface area (Å²) in [4.78, 5) is 11.8. The lowest BCUT2D eigenvalue weighted by molar-refractivity contribution is -0.148. The number of carbonyl (C=O) groups is 1. The molecule has 20 heavy (non-hydrogen) atoms. The summed E-state index contributed by atoms with van der Waals surface area (Å²) in [6.07, 6.45) is 0.721. The molecule has 3 heteroatoms. The summed E-state index contributed by atoms with van der Waals surface area (Å²) in [5.41, 5.74) is 2.08. The first-order valence-electron chi connectivity index (χ1n) is 6.95. The SMILES string of the molecule is C=C(C)[C@H](COCc1ccccc1)[C@@H](CC)C(=O)OC. The molecule has 3 nitrogen and oxygen atoms in total. The molecule has 0 saturated carbocycles. The predicted molar refractivity (Wildman–Crippen MR) is 80.2 cm³/mol. The van der Waals surface area contributed by atoms with Crippen molar-refractivity contribution in [2.24, 2.45) is 11.8 Å². The van der Waals surface area contributed by atoms with Crippen molar-refractivity contribution in [3.8, 4) is 0 Å². The first kappa shape index (κ1) is 16.4. The molecule has 0 aromatic heterocycles. The van der Waals surface area contributed by atoms with Crippen LogP contribution < -0.4 is 0 Å². The quantitative estimate of drug-likeness (QED) is 0.537. The van der Waals surface area contributed by atoms with Crippen molar-refractivity contribution in [2.75, 3.05) is 13.7 Å². The van der Waals surface area contributed by atoms with E-state index in [0.29, 0.717) is 13.2 Å². The summed E-state index contributed by atoms with van der Waals surface area (Å²) in [7, 11) is 1.42. The lowest BCUT2D eigenvalue weighted by Gasteiger charge is -2.24. The minimum atomic E-state index is -0.191. The molecule has 0 radical (unpaired) electrons. The molecule has 1 aromatic rings. The molecule has 0 bridgehead atoms. The van der Waals surface area contributed by atoms with Gasteiger partial charge < -0.3 is 9.47 Å². The molecule has 0 aliphatic rings. The Balaban J connectivity index is 2.59. The molecule has 2 atom stereocenters.